The summed E-state index contributed by atoms with van der Waals surface area (Å²) in [5.41, 5.74) is 10.7. The number of nitrogens with one attached hydrogen (secondary N) is 1. The summed E-state index contributed by atoms with van der Waals surface area (Å²) in [5, 5.41) is 3.35. The second-order valence-corrected chi connectivity index (χ2v) is 8.27. The molecule has 1 saturated heterocycles. The minimum atomic E-state index is 0.334. The number of benzene rings is 1. The van der Waals surface area contributed by atoms with Crippen LogP contribution < -0.4 is 20.7 Å². The minimum Gasteiger partial charge on any atom is -0.489 e. The van der Waals surface area contributed by atoms with Crippen LogP contribution in [0.1, 0.15) is 50.7 Å². The predicted octanol–water partition coefficient (Wildman–Crippen LogP) is 3.12. The molecule has 1 saturated carbocycles. The number of aliphatic imine (C=N–C) groups is 1. The Kier molecular flexibility index (Phi) is 5.13. The molecule has 146 valence electrons. The summed E-state index contributed by atoms with van der Waals surface area (Å²) in [7, 11) is 2.18. The molecule has 5 heteroatoms. The third-order valence-electron chi connectivity index (χ3n) is 6.55. The number of allylic oxidation sites excluding steroid dienone is 1. The molecule has 0 aromatic heterocycles. The Hall–Kier alpha value is -2.01. The number of fused-ring (bicyclic) bond motifs is 1. The standard InChI is InChI=1S/C22H32N4O/c1-14-7-8-19-21(26(14)3)10-9-18(22(19)27-17-5-4-6-17)16(11-23)12-25-20-13-24-15(20)2/h9-12,14-15,17,20,24H,4-8,13,23H2,1-3H3. The fourth-order valence-electron chi connectivity index (χ4n) is 4.01. The molecule has 3 aliphatic rings. The third-order valence-corrected chi connectivity index (χ3v) is 6.55. The van der Waals surface area contributed by atoms with Crippen LogP contribution in [0, 0.1) is 0 Å². The van der Waals surface area contributed by atoms with Crippen molar-refractivity contribution in [1.29, 1.82) is 0 Å². The van der Waals surface area contributed by atoms with Crippen molar-refractivity contribution in [2.45, 2.75) is 70.2 Å². The number of hydrogen-bond donors (Lipinski definition) is 2. The largest absolute Gasteiger partial charge is 0.489 e. The van der Waals surface area contributed by atoms with Crippen LogP contribution in [0.4, 0.5) is 5.69 Å². The highest BCUT2D eigenvalue weighted by Gasteiger charge is 2.29. The Morgan fingerprint density at radius 2 is 2.11 bits per heavy atom. The van der Waals surface area contributed by atoms with E-state index in [1.54, 1.807) is 6.20 Å². The van der Waals surface area contributed by atoms with Crippen molar-refractivity contribution in [3.05, 3.63) is 29.5 Å². The SMILES string of the molecule is CC1NCC1N=CC(=CN)c1ccc2c(c1OC1CCC1)CCC(C)N2C. The molecule has 3 atom stereocenters. The molecule has 0 radical (unpaired) electrons. The number of nitrogens with two attached hydrogens (primary N) is 1. The van der Waals surface area contributed by atoms with E-state index < -0.39 is 0 Å². The van der Waals surface area contributed by atoms with Gasteiger partial charge in [-0.2, -0.15) is 0 Å². The van der Waals surface area contributed by atoms with Gasteiger partial charge in [-0.1, -0.05) is 0 Å². The van der Waals surface area contributed by atoms with Crippen LogP contribution in [0.25, 0.3) is 5.57 Å². The average Bonchev–Trinajstić information content (AvgIpc) is 2.63. The molecule has 0 bridgehead atoms. The predicted molar refractivity (Wildman–Crippen MR) is 113 cm³/mol. The second-order valence-electron chi connectivity index (χ2n) is 8.27. The van der Waals surface area contributed by atoms with Gasteiger partial charge in [0.25, 0.3) is 0 Å². The van der Waals surface area contributed by atoms with E-state index in [-0.39, 0.29) is 0 Å². The molecular weight excluding hydrogens is 336 g/mol. The monoisotopic (exact) mass is 368 g/mol. The lowest BCUT2D eigenvalue weighted by Crippen LogP contribution is -2.54. The molecule has 1 aromatic rings. The maximum absolute atomic E-state index is 6.52. The molecule has 0 amide bonds. The second kappa shape index (κ2) is 7.55. The van der Waals surface area contributed by atoms with Crippen LogP contribution in [-0.4, -0.2) is 44.0 Å². The van der Waals surface area contributed by atoms with Gasteiger partial charge in [0.2, 0.25) is 0 Å². The smallest absolute Gasteiger partial charge is 0.132 e. The first-order chi connectivity index (χ1) is 13.1. The van der Waals surface area contributed by atoms with Crippen LogP contribution in [-0.2, 0) is 6.42 Å². The fraction of sp³-hybridized carbons (Fsp3) is 0.591. The normalized spacial score (nSPS) is 28.6. The lowest BCUT2D eigenvalue weighted by atomic mass is 9.91. The lowest BCUT2D eigenvalue weighted by molar-refractivity contribution is 0.118. The van der Waals surface area contributed by atoms with Gasteiger partial charge in [-0.25, -0.2) is 0 Å². The molecule has 2 aliphatic heterocycles. The summed E-state index contributed by atoms with van der Waals surface area (Å²) in [5.74, 6) is 1.03. The maximum atomic E-state index is 6.52. The van der Waals surface area contributed by atoms with Crippen molar-refractivity contribution in [3.8, 4) is 5.75 Å². The van der Waals surface area contributed by atoms with Gasteiger partial charge < -0.3 is 20.7 Å². The number of nitrogens with zero attached hydrogens (tertiary/aromatic N) is 2. The third kappa shape index (κ3) is 3.45. The van der Waals surface area contributed by atoms with E-state index in [9.17, 15) is 0 Å². The van der Waals surface area contributed by atoms with Gasteiger partial charge in [-0.05, 0) is 58.1 Å². The van der Waals surface area contributed by atoms with Gasteiger partial charge in [-0.3, -0.25) is 4.99 Å². The van der Waals surface area contributed by atoms with E-state index in [4.69, 9.17) is 15.5 Å². The van der Waals surface area contributed by atoms with Gasteiger partial charge in [0, 0.05) is 60.5 Å². The molecular formula is C22H32N4O. The van der Waals surface area contributed by atoms with Crippen LogP contribution >= 0.6 is 0 Å². The van der Waals surface area contributed by atoms with Gasteiger partial charge in [0.15, 0.2) is 0 Å². The molecule has 3 N–H and O–H groups in total. The van der Waals surface area contributed by atoms with E-state index >= 15 is 0 Å². The molecule has 2 fully saturated rings. The number of hydrogen-bond acceptors (Lipinski definition) is 5. The molecule has 0 spiro atoms. The summed E-state index contributed by atoms with van der Waals surface area (Å²) in [6, 6.07) is 5.71. The van der Waals surface area contributed by atoms with Crippen LogP contribution in [0.3, 0.4) is 0 Å². The number of ether oxygens (including phenoxy) is 1. The Morgan fingerprint density at radius 3 is 2.70 bits per heavy atom. The van der Waals surface area contributed by atoms with E-state index in [1.807, 2.05) is 6.21 Å². The average molecular weight is 369 g/mol. The van der Waals surface area contributed by atoms with Gasteiger partial charge in [0.05, 0.1) is 12.1 Å². The summed E-state index contributed by atoms with van der Waals surface area (Å²) >= 11 is 0. The Labute approximate surface area is 162 Å². The summed E-state index contributed by atoms with van der Waals surface area (Å²) in [4.78, 5) is 7.12. The van der Waals surface area contributed by atoms with E-state index in [1.165, 1.54) is 17.7 Å². The highest BCUT2D eigenvalue weighted by molar-refractivity contribution is 6.11. The van der Waals surface area contributed by atoms with Gasteiger partial charge in [0.1, 0.15) is 5.75 Å². The molecule has 1 aromatic carbocycles. The van der Waals surface area contributed by atoms with Gasteiger partial charge >= 0.3 is 0 Å². The zero-order valence-corrected chi connectivity index (χ0v) is 16.7. The van der Waals surface area contributed by atoms with Crippen LogP contribution in [0.5, 0.6) is 5.75 Å². The zero-order valence-electron chi connectivity index (χ0n) is 16.7. The molecule has 5 nitrogen and oxygen atoms in total. The van der Waals surface area contributed by atoms with Gasteiger partial charge in [-0.15, -0.1) is 0 Å². The fourth-order valence-corrected chi connectivity index (χ4v) is 4.01. The van der Waals surface area contributed by atoms with E-state index in [2.05, 4.69) is 43.2 Å². The van der Waals surface area contributed by atoms with Crippen LogP contribution in [0.2, 0.25) is 0 Å². The Balaban J connectivity index is 1.70. The maximum Gasteiger partial charge on any atom is 0.132 e. The highest BCUT2D eigenvalue weighted by Crippen LogP contribution is 2.42. The molecule has 3 unspecified atom stereocenters. The quantitative estimate of drug-likeness (QED) is 0.784. The Morgan fingerprint density at radius 1 is 1.30 bits per heavy atom. The van der Waals surface area contributed by atoms with Crippen molar-refractivity contribution in [1.82, 2.24) is 5.32 Å². The van der Waals surface area contributed by atoms with Crippen molar-refractivity contribution in [3.63, 3.8) is 0 Å². The molecule has 4 rings (SSSR count). The molecule has 1 aliphatic carbocycles. The first-order valence-electron chi connectivity index (χ1n) is 10.3. The van der Waals surface area contributed by atoms with E-state index in [0.717, 1.165) is 49.1 Å². The zero-order chi connectivity index (χ0) is 19.0. The van der Waals surface area contributed by atoms with Crippen molar-refractivity contribution < 1.29 is 4.74 Å². The first kappa shape index (κ1) is 18.4. The van der Waals surface area contributed by atoms with Crippen molar-refractivity contribution in [2.75, 3.05) is 18.5 Å². The molecule has 27 heavy (non-hydrogen) atoms. The summed E-state index contributed by atoms with van der Waals surface area (Å²) < 4.78 is 6.52. The molecule has 2 heterocycles. The van der Waals surface area contributed by atoms with Crippen LogP contribution in [0.15, 0.2) is 23.3 Å². The van der Waals surface area contributed by atoms with Crippen molar-refractivity contribution >= 4 is 17.5 Å². The van der Waals surface area contributed by atoms with Crippen molar-refractivity contribution in [2.24, 2.45) is 10.7 Å². The minimum absolute atomic E-state index is 0.334. The highest BCUT2D eigenvalue weighted by atomic mass is 16.5. The summed E-state index contributed by atoms with van der Waals surface area (Å²) in [6.07, 6.45) is 9.71. The number of rotatable bonds is 5. The Bertz CT molecular complexity index is 753. The van der Waals surface area contributed by atoms with E-state index in [0.29, 0.717) is 24.2 Å². The summed E-state index contributed by atoms with van der Waals surface area (Å²) in [6.45, 7) is 5.39. The topological polar surface area (TPSA) is 62.9 Å². The number of anilines is 1. The lowest BCUT2D eigenvalue weighted by Gasteiger charge is -2.37. The first-order valence-corrected chi connectivity index (χ1v) is 10.3.